The number of alkyl halides is 8. The maximum atomic E-state index is 15.8. The molecule has 33 heteroatoms. The van der Waals surface area contributed by atoms with Crippen molar-refractivity contribution in [2.45, 2.75) is 265 Å². The van der Waals surface area contributed by atoms with Crippen LogP contribution in [0.1, 0.15) is 180 Å². The second-order valence-electron chi connectivity index (χ2n) is 32.7. The summed E-state index contributed by atoms with van der Waals surface area (Å²) in [7, 11) is 9.56. The highest BCUT2D eigenvalue weighted by Crippen LogP contribution is 2.46. The summed E-state index contributed by atoms with van der Waals surface area (Å²) >= 11 is 0. The Bertz CT molecular complexity index is 3390. The third-order valence-corrected chi connectivity index (χ3v) is 24.8. The van der Waals surface area contributed by atoms with Gasteiger partial charge in [-0.1, -0.05) is 50.0 Å². The SMILES string of the molecule is C=CCCCCN(C)C(=O)[C@@H]1CC(=O)N(C)[C@@H](CC2CC2)C(=O)N[C@@H](CC=C)C(=O)N(C)CC(=O)N(C)[C@H]2C/C=C\CCN(C2=O)[C@@H](CC2CCC(C(F)(F)F)CC2)C(=O)N(C)CC(=O)N[C@@H](CCC2CC(F)C(C(F)(F)F)C(F)C2)C(=O)N2C[C@H](OCC)C[C@H]2C(=O)NC2(CCC2)C(=O)N(C)[C@@H](C2CCCC2)C(=O)N1C. The second-order valence-corrected chi connectivity index (χ2v) is 32.7. The molecule has 112 heavy (non-hydrogen) atoms. The average molecular weight is 1600 g/mol. The van der Waals surface area contributed by atoms with Gasteiger partial charge in [-0.2, -0.15) is 26.3 Å². The van der Waals surface area contributed by atoms with Crippen molar-refractivity contribution in [1.82, 2.24) is 60.0 Å². The van der Waals surface area contributed by atoms with Gasteiger partial charge < -0.3 is 64.8 Å². The maximum absolute atomic E-state index is 15.8. The van der Waals surface area contributed by atoms with Crippen molar-refractivity contribution in [1.29, 1.82) is 0 Å². The summed E-state index contributed by atoms with van der Waals surface area (Å²) in [4.78, 5) is 193. The first-order valence-corrected chi connectivity index (χ1v) is 40.1. The fourth-order valence-electron chi connectivity index (χ4n) is 17.7. The summed E-state index contributed by atoms with van der Waals surface area (Å²) in [5.74, 6) is -16.3. The van der Waals surface area contributed by atoms with Gasteiger partial charge in [-0.05, 0) is 165 Å². The Hall–Kier alpha value is -7.74. The third kappa shape index (κ3) is 22.4. The molecule has 628 valence electrons. The molecule has 8 aliphatic rings. The van der Waals surface area contributed by atoms with Gasteiger partial charge in [-0.15, -0.1) is 13.2 Å². The molecule has 0 radical (unpaired) electrons. The van der Waals surface area contributed by atoms with Gasteiger partial charge in [0.05, 0.1) is 31.5 Å². The number of allylic oxidation sites excluding steroid dienone is 1. The van der Waals surface area contributed by atoms with Gasteiger partial charge in [0.1, 0.15) is 72.1 Å². The molecule has 5 saturated carbocycles. The summed E-state index contributed by atoms with van der Waals surface area (Å²) in [5, 5.41) is 8.36. The summed E-state index contributed by atoms with van der Waals surface area (Å²) < 4.78 is 121. The van der Waals surface area contributed by atoms with Gasteiger partial charge in [0.2, 0.25) is 70.9 Å². The number of rotatable bonds is 18. The van der Waals surface area contributed by atoms with Crippen LogP contribution in [0.15, 0.2) is 37.5 Å². The topological polar surface area (TPSA) is 279 Å². The quantitative estimate of drug-likeness (QED) is 0.0688. The Morgan fingerprint density at radius 1 is 0.625 bits per heavy atom. The summed E-state index contributed by atoms with van der Waals surface area (Å²) in [6, 6.07) is -11.5. The number of fused-ring (bicyclic) bond motifs is 3. The van der Waals surface area contributed by atoms with Crippen LogP contribution in [0.25, 0.3) is 0 Å². The number of ether oxygens (including phenoxy) is 1. The summed E-state index contributed by atoms with van der Waals surface area (Å²) in [6.45, 7) is 7.53. The van der Waals surface area contributed by atoms with Crippen molar-refractivity contribution in [3.63, 3.8) is 0 Å². The highest BCUT2D eigenvalue weighted by atomic mass is 19.4. The molecule has 7 fully saturated rings. The predicted molar refractivity (Wildman–Crippen MR) is 397 cm³/mol. The van der Waals surface area contributed by atoms with Crippen molar-refractivity contribution >= 4 is 70.9 Å². The minimum atomic E-state index is -5.22. The lowest BCUT2D eigenvalue weighted by atomic mass is 9.74. The zero-order chi connectivity index (χ0) is 82.4. The van der Waals surface area contributed by atoms with Crippen LogP contribution < -0.4 is 16.0 Å². The molecular weight excluding hydrogens is 1480 g/mol. The molecule has 3 N–H and O–H groups in total. The first kappa shape index (κ1) is 89.8. The van der Waals surface area contributed by atoms with Gasteiger partial charge in [0.15, 0.2) is 0 Å². The number of carbonyl (C=O) groups excluding carboxylic acids is 12. The van der Waals surface area contributed by atoms with Crippen LogP contribution in [0.5, 0.6) is 0 Å². The minimum Gasteiger partial charge on any atom is -0.377 e. The molecule has 25 nitrogen and oxygen atoms in total. The molecule has 2 saturated heterocycles. The van der Waals surface area contributed by atoms with Crippen LogP contribution in [0.3, 0.4) is 0 Å². The smallest absolute Gasteiger partial charge is 0.377 e. The van der Waals surface area contributed by atoms with Crippen LogP contribution >= 0.6 is 0 Å². The molecule has 8 rings (SSSR count). The number of nitrogens with zero attached hydrogens (tertiary/aromatic N) is 9. The van der Waals surface area contributed by atoms with Gasteiger partial charge in [-0.3, -0.25) is 57.5 Å². The van der Waals surface area contributed by atoms with Crippen molar-refractivity contribution in [2.24, 2.45) is 35.5 Å². The van der Waals surface area contributed by atoms with E-state index in [2.05, 4.69) is 29.1 Å². The fraction of sp³-hybridized carbons (Fsp3) is 0.772. The molecule has 0 aromatic carbocycles. The van der Waals surface area contributed by atoms with Crippen LogP contribution in [0.4, 0.5) is 35.1 Å². The molecular formula is C79H118F8N12O13. The molecule has 11 atom stereocenters. The number of hydrogen-bond acceptors (Lipinski definition) is 13. The maximum Gasteiger partial charge on any atom is 0.397 e. The van der Waals surface area contributed by atoms with E-state index >= 15 is 47.1 Å². The fourth-order valence-corrected chi connectivity index (χ4v) is 17.7. The normalized spacial score (nSPS) is 31.5. The molecule has 12 amide bonds. The second kappa shape index (κ2) is 39.5. The highest BCUT2D eigenvalue weighted by molar-refractivity contribution is 6.01. The molecule has 0 aromatic heterocycles. The van der Waals surface area contributed by atoms with E-state index in [0.717, 1.165) is 37.3 Å². The van der Waals surface area contributed by atoms with Gasteiger partial charge in [0, 0.05) is 82.0 Å². The van der Waals surface area contributed by atoms with Crippen LogP contribution in [-0.4, -0.2) is 288 Å². The molecule has 3 aliphatic heterocycles. The molecule has 3 heterocycles. The molecule has 1 spiro atoms. The molecule has 0 aromatic rings. The summed E-state index contributed by atoms with van der Waals surface area (Å²) in [6.07, 6.45) is -7.34. The van der Waals surface area contributed by atoms with Crippen molar-refractivity contribution < 1.29 is 97.4 Å². The average Bonchev–Trinajstić information content (AvgIpc) is 1.18. The number of amides is 12. The van der Waals surface area contributed by atoms with Crippen LogP contribution in [0, 0.1) is 35.5 Å². The number of unbranched alkanes of at least 4 members (excludes halogenated alkanes) is 2. The van der Waals surface area contributed by atoms with Crippen LogP contribution in [-0.2, 0) is 62.3 Å². The van der Waals surface area contributed by atoms with Gasteiger partial charge in [-0.25, -0.2) is 8.78 Å². The number of halogens is 8. The zero-order valence-corrected chi connectivity index (χ0v) is 66.2. The Balaban J connectivity index is 1.20. The van der Waals surface area contributed by atoms with E-state index in [4.69, 9.17) is 4.74 Å². The first-order valence-electron chi connectivity index (χ1n) is 40.1. The molecule has 2 bridgehead atoms. The van der Waals surface area contributed by atoms with E-state index in [-0.39, 0.29) is 116 Å². The van der Waals surface area contributed by atoms with Gasteiger partial charge in [0.25, 0.3) is 0 Å². The molecule has 5 aliphatic carbocycles. The van der Waals surface area contributed by atoms with Crippen molar-refractivity contribution in [2.75, 3.05) is 88.7 Å². The van der Waals surface area contributed by atoms with Gasteiger partial charge >= 0.3 is 12.4 Å². The van der Waals surface area contributed by atoms with E-state index in [1.165, 1.54) is 68.0 Å². The number of hydrogen-bond donors (Lipinski definition) is 3. The molecule has 2 unspecified atom stereocenters. The number of likely N-dealkylation sites (N-methyl/N-ethyl adjacent to an activating group) is 7. The lowest BCUT2D eigenvalue weighted by Gasteiger charge is -2.46. The zero-order valence-electron chi connectivity index (χ0n) is 66.2. The van der Waals surface area contributed by atoms with E-state index in [1.54, 1.807) is 32.2 Å². The lowest BCUT2D eigenvalue weighted by Crippen LogP contribution is -2.68. The van der Waals surface area contributed by atoms with E-state index < -0.39 is 224 Å². The third-order valence-electron chi connectivity index (χ3n) is 24.8. The minimum absolute atomic E-state index is 0.00871. The lowest BCUT2D eigenvalue weighted by molar-refractivity contribution is -0.219. The predicted octanol–water partition coefficient (Wildman–Crippen LogP) is 7.36. The Morgan fingerprint density at radius 2 is 1.25 bits per heavy atom. The van der Waals surface area contributed by atoms with Crippen molar-refractivity contribution in [3.05, 3.63) is 37.5 Å². The highest BCUT2D eigenvalue weighted by Gasteiger charge is 2.56. The summed E-state index contributed by atoms with van der Waals surface area (Å²) in [5.41, 5.74) is -1.70. The van der Waals surface area contributed by atoms with Crippen LogP contribution in [0.2, 0.25) is 0 Å². The monoisotopic (exact) mass is 1590 g/mol. The van der Waals surface area contributed by atoms with E-state index in [1.807, 2.05) is 0 Å². The van der Waals surface area contributed by atoms with Crippen molar-refractivity contribution in [3.8, 4) is 0 Å². The first-order chi connectivity index (χ1) is 52.9. The number of carbonyl (C=O) groups is 12. The standard InChI is InChI=1S/C79H118F8N12O13/c1-11-14-15-20-37-91(4)72(107)61-44-64(101)95(8)59(41-48-27-28-48)68(103)89-56(23-12-2)70(105)93(6)47-65(102)94(7)58-26-17-16-21-38-98(74(58)109)62(42-49-29-32-52(33-30-49)78(82,83)84)73(108)92(5)46-63(100)88-57(34-31-50-39-54(80)66(55(81)40-50)79(85,86)87)71(106)99-45-53(112-13-3)43-60(99)69(104)90-77(35-22-36-77)76(111)97(10)67(75(110)96(61)9)51-24-18-19-25-51/h11-12,16-17,48-62,66-67H,1-2,13-15,18-47H2,3-10H3,(H,88,100)(H,89,103)(H,90,104)/b17-16-/t49?,50?,52?,53-,54?,55?,56+,57+,58+,59+,60+,61+,62+,66?,67+/m1/s1. The largest absolute Gasteiger partial charge is 0.397 e. The Morgan fingerprint density at radius 3 is 1.83 bits per heavy atom. The Labute approximate surface area is 652 Å². The van der Waals surface area contributed by atoms with E-state index in [0.29, 0.717) is 51.4 Å². The number of nitrogens with one attached hydrogen (secondary N) is 3. The Kier molecular flexibility index (Phi) is 31.7. The van der Waals surface area contributed by atoms with E-state index in [9.17, 15) is 45.5 Å².